The highest BCUT2D eigenvalue weighted by atomic mass is 16.7. The van der Waals surface area contributed by atoms with Crippen molar-refractivity contribution in [3.63, 3.8) is 0 Å². The molecule has 0 unspecified atom stereocenters. The van der Waals surface area contributed by atoms with Gasteiger partial charge >= 0.3 is 11.9 Å². The van der Waals surface area contributed by atoms with Gasteiger partial charge in [0.2, 0.25) is 0 Å². The van der Waals surface area contributed by atoms with Gasteiger partial charge < -0.3 is 136 Å². The van der Waals surface area contributed by atoms with Gasteiger partial charge in [0.15, 0.2) is 25.2 Å². The lowest BCUT2D eigenvalue weighted by Crippen LogP contribution is -2.67. The quantitative estimate of drug-likeness (QED) is 0.0473. The number of carbonyl (C=O) groups excluding carboxylic acids is 2. The third kappa shape index (κ3) is 23.9. The first-order valence-corrected chi connectivity index (χ1v) is 42.7. The Morgan fingerprint density at radius 3 is 1.09 bits per heavy atom. The summed E-state index contributed by atoms with van der Waals surface area (Å²) in [5.41, 5.74) is -8.55. The number of ether oxygens (including phenoxy) is 18. The first-order valence-electron chi connectivity index (χ1n) is 42.7. The Morgan fingerprint density at radius 2 is 0.793 bits per heavy atom. The van der Waals surface area contributed by atoms with E-state index in [1.807, 2.05) is 107 Å². The van der Waals surface area contributed by atoms with Crippen molar-refractivity contribution in [2.75, 3.05) is 96.3 Å². The largest absolute Gasteiger partial charge is 0.459 e. The fourth-order valence-corrected chi connectivity index (χ4v) is 20.0. The van der Waals surface area contributed by atoms with Gasteiger partial charge in [-0.25, -0.2) is 0 Å². The molecule has 8 aliphatic heterocycles. The number of carbonyl (C=O) groups is 2. The van der Waals surface area contributed by atoms with Gasteiger partial charge in [-0.2, -0.15) is 0 Å². The maximum Gasteiger partial charge on any atom is 0.311 e. The van der Waals surface area contributed by atoms with E-state index in [4.69, 9.17) is 85.3 Å². The van der Waals surface area contributed by atoms with E-state index in [2.05, 4.69) is 10.6 Å². The van der Waals surface area contributed by atoms with Crippen LogP contribution < -0.4 is 10.6 Å². The highest BCUT2D eigenvalue weighted by molar-refractivity contribution is 5.73. The minimum absolute atomic E-state index is 0.137. The zero-order valence-corrected chi connectivity index (χ0v) is 75.2. The molecular weight excluding hydrogens is 1510 g/mol. The van der Waals surface area contributed by atoms with Crippen LogP contribution in [-0.2, 0) is 94.9 Å². The third-order valence-electron chi connectivity index (χ3n) is 26.9. The van der Waals surface area contributed by atoms with Crippen LogP contribution in [0.3, 0.4) is 0 Å². The number of likely N-dealkylation sites (N-methyl/N-ethyl adjacent to an activating group) is 2. The zero-order valence-electron chi connectivity index (χ0n) is 75.2. The van der Waals surface area contributed by atoms with Gasteiger partial charge in [-0.05, 0) is 162 Å². The summed E-state index contributed by atoms with van der Waals surface area (Å²) in [5, 5.41) is 103. The van der Waals surface area contributed by atoms with E-state index in [9.17, 15) is 50.4 Å². The fourth-order valence-electron chi connectivity index (χ4n) is 20.0. The molecule has 0 aromatic heterocycles. The topological polar surface area (TPSA) is 393 Å². The number of nitrogens with zero attached hydrogens (tertiary/aromatic N) is 2. The SMILES string of the molecule is CC[C@H]1OC(=O)[C@H](C)[C@@H](O[C@H]2C[C@@](C)(OC)[C@@H](O)[C@H](C)O2)[C@H](C)[C@@H](O[C@@H]2O[C@H](C)C[C@H](N(C)C)[C@H]2O)[C@](C)(O)C[C@@H](C)[C@@H]2N[C@@H](COCCOC)O[C@@H]([C@H]2C)[C@]1(C)O.CC[C@H]1OC(=O)[C@H](C)[C@@H](O[C@H]2C[C@@](C)(OC)[C@@H](O)[C@H](C)O2)[C@H](C)[C@@H](O[C@@H]2O[C@H](C)C[C@H](N(C)C)[C@H]2O)[C@](C)(O)C[C@@H](C)[C@@H]2N[C@@H](COCCOC)O[C@@H]([C@H]2C)[C@]1(C)O. The molecule has 8 rings (SSSR count). The molecule has 8 heterocycles. The van der Waals surface area contributed by atoms with Crippen LogP contribution in [0, 0.1) is 47.3 Å². The van der Waals surface area contributed by atoms with E-state index in [0.717, 1.165) is 0 Å². The number of cyclic esters (lactones) is 2. The number of hydrogen-bond donors (Lipinski definition) is 10. The normalized spacial score (nSPS) is 48.7. The van der Waals surface area contributed by atoms with E-state index in [-0.39, 0.29) is 112 Å². The van der Waals surface area contributed by atoms with Crippen molar-refractivity contribution in [2.45, 2.75) is 383 Å². The Labute approximate surface area is 691 Å². The third-order valence-corrected chi connectivity index (χ3v) is 26.9. The second-order valence-corrected chi connectivity index (χ2v) is 37.2. The summed E-state index contributed by atoms with van der Waals surface area (Å²) in [6.07, 6.45) is -16.6. The van der Waals surface area contributed by atoms with Crippen molar-refractivity contribution < 1.29 is 136 Å². The molecule has 4 bridgehead atoms. The van der Waals surface area contributed by atoms with Crippen LogP contribution in [0.15, 0.2) is 0 Å². The molecule has 116 heavy (non-hydrogen) atoms. The number of nitrogens with one attached hydrogen (secondary N) is 2. The van der Waals surface area contributed by atoms with Gasteiger partial charge in [0.05, 0.1) is 135 Å². The monoisotopic (exact) mass is 1670 g/mol. The molecular formula is C84H156N4O28. The van der Waals surface area contributed by atoms with Crippen molar-refractivity contribution >= 4 is 11.9 Å². The molecule has 8 fully saturated rings. The van der Waals surface area contributed by atoms with Crippen LogP contribution in [0.2, 0.25) is 0 Å². The molecule has 0 aromatic carbocycles. The molecule has 40 atom stereocenters. The Balaban J connectivity index is 0.000000321. The van der Waals surface area contributed by atoms with Crippen molar-refractivity contribution in [3.8, 4) is 0 Å². The second kappa shape index (κ2) is 42.7. The Kier molecular flexibility index (Phi) is 37.1. The minimum Gasteiger partial charge on any atom is -0.459 e. The van der Waals surface area contributed by atoms with Crippen molar-refractivity contribution in [3.05, 3.63) is 0 Å². The lowest BCUT2D eigenvalue weighted by atomic mass is 9.71. The highest BCUT2D eigenvalue weighted by Crippen LogP contribution is 2.47. The highest BCUT2D eigenvalue weighted by Gasteiger charge is 2.59. The zero-order chi connectivity index (χ0) is 87.0. The summed E-state index contributed by atoms with van der Waals surface area (Å²) in [7, 11) is 13.8. The van der Waals surface area contributed by atoms with Crippen LogP contribution in [0.25, 0.3) is 0 Å². The number of aliphatic hydroxyl groups excluding tert-OH is 4. The number of aliphatic hydroxyl groups is 8. The molecule has 8 aliphatic rings. The van der Waals surface area contributed by atoms with Crippen LogP contribution in [-0.4, -0.2) is 352 Å². The Bertz CT molecular complexity index is 2770. The summed E-state index contributed by atoms with van der Waals surface area (Å²) in [5.74, 6) is -5.91. The van der Waals surface area contributed by atoms with E-state index in [0.29, 0.717) is 39.3 Å². The van der Waals surface area contributed by atoms with Crippen molar-refractivity contribution in [2.24, 2.45) is 47.3 Å². The number of esters is 2. The average Bonchev–Trinajstić information content (AvgIpc) is 0.765. The smallest absolute Gasteiger partial charge is 0.311 e. The Hall–Kier alpha value is -2.18. The molecule has 0 radical (unpaired) electrons. The summed E-state index contributed by atoms with van der Waals surface area (Å²) in [4.78, 5) is 32.9. The van der Waals surface area contributed by atoms with Gasteiger partial charge in [-0.1, -0.05) is 55.4 Å². The van der Waals surface area contributed by atoms with Gasteiger partial charge in [0, 0.05) is 89.1 Å². The standard InChI is InChI=1S/2C42H78N2O14/c2*1-15-29-42(10,49)37-24(4)32(43-30(56-37)21-52-17-16-50-13)22(2)19-40(8,48)36(58-39-33(45)28(44(11)12)18-23(3)53-39)25(5)34(26(6)38(47)55-29)57-31-20-41(9,51-14)35(46)27(7)54-31/h2*22-37,39,43,45-46,48-49H,15-21H2,1-14H3/t2*22-,23-,24+,25+,26-,27+,28+,29-,30-,31+,32+,33-,34+,35+,36-,37+,39+,40-,41-,42-/m11/s1. The van der Waals surface area contributed by atoms with E-state index in [1.165, 1.54) is 14.2 Å². The predicted molar refractivity (Wildman–Crippen MR) is 427 cm³/mol. The van der Waals surface area contributed by atoms with Crippen LogP contribution in [0.1, 0.15) is 190 Å². The first-order chi connectivity index (χ1) is 54.0. The van der Waals surface area contributed by atoms with E-state index < -0.39 is 192 Å². The number of methoxy groups -OCH3 is 4. The molecule has 32 nitrogen and oxygen atoms in total. The molecule has 10 N–H and O–H groups in total. The number of fused-ring (bicyclic) bond motifs is 4. The maximum absolute atomic E-state index is 14.5. The van der Waals surface area contributed by atoms with Crippen LogP contribution in [0.5, 0.6) is 0 Å². The number of rotatable bonds is 24. The summed E-state index contributed by atoms with van der Waals surface area (Å²) in [6.45, 7) is 38.2. The van der Waals surface area contributed by atoms with Crippen LogP contribution >= 0.6 is 0 Å². The Morgan fingerprint density at radius 1 is 0.457 bits per heavy atom. The summed E-state index contributed by atoms with van der Waals surface area (Å²) in [6, 6.07) is -1.19. The van der Waals surface area contributed by atoms with Gasteiger partial charge in [-0.3, -0.25) is 20.2 Å². The fraction of sp³-hybridized carbons (Fsp3) is 0.976. The predicted octanol–water partition coefficient (Wildman–Crippen LogP) is 4.40. The lowest BCUT2D eigenvalue weighted by molar-refractivity contribution is -0.319. The molecule has 0 aromatic rings. The summed E-state index contributed by atoms with van der Waals surface area (Å²) >= 11 is 0. The molecule has 8 saturated heterocycles. The van der Waals surface area contributed by atoms with Crippen molar-refractivity contribution in [1.82, 2.24) is 20.4 Å². The lowest BCUT2D eigenvalue weighted by Gasteiger charge is -2.52. The van der Waals surface area contributed by atoms with Gasteiger partial charge in [0.1, 0.15) is 60.3 Å². The second-order valence-electron chi connectivity index (χ2n) is 37.2. The first kappa shape index (κ1) is 101. The molecule has 0 saturated carbocycles. The maximum atomic E-state index is 14.5. The van der Waals surface area contributed by atoms with E-state index >= 15 is 0 Å². The molecule has 0 aliphatic carbocycles. The average molecular weight is 1670 g/mol. The van der Waals surface area contributed by atoms with E-state index in [1.54, 1.807) is 83.5 Å². The molecule has 680 valence electrons. The molecule has 0 spiro atoms. The van der Waals surface area contributed by atoms with Gasteiger partial charge in [-0.15, -0.1) is 0 Å². The molecule has 32 heteroatoms. The van der Waals surface area contributed by atoms with Crippen molar-refractivity contribution in [1.29, 1.82) is 0 Å². The van der Waals surface area contributed by atoms with Gasteiger partial charge in [0.25, 0.3) is 0 Å². The molecule has 0 amide bonds. The van der Waals surface area contributed by atoms with Crippen LogP contribution in [0.4, 0.5) is 0 Å². The number of hydrogen-bond acceptors (Lipinski definition) is 32. The summed E-state index contributed by atoms with van der Waals surface area (Å²) < 4.78 is 111. The minimum atomic E-state index is -1.64.